The predicted octanol–water partition coefficient (Wildman–Crippen LogP) is 0.239. The molecule has 2 rings (SSSR count). The van der Waals surface area contributed by atoms with Crippen molar-refractivity contribution in [3.8, 4) is 0 Å². The third kappa shape index (κ3) is 2.60. The lowest BCUT2D eigenvalue weighted by Gasteiger charge is -2.16. The summed E-state index contributed by atoms with van der Waals surface area (Å²) in [4.78, 5) is 23.9. The first-order chi connectivity index (χ1) is 8.60. The summed E-state index contributed by atoms with van der Waals surface area (Å²) in [5.74, 6) is 5.07. The molecule has 0 saturated carbocycles. The van der Waals surface area contributed by atoms with Crippen molar-refractivity contribution in [1.29, 1.82) is 0 Å². The van der Waals surface area contributed by atoms with Gasteiger partial charge < -0.3 is 10.2 Å². The second-order valence-corrected chi connectivity index (χ2v) is 4.34. The monoisotopic (exact) mass is 248 g/mol. The van der Waals surface area contributed by atoms with E-state index in [0.717, 1.165) is 23.2 Å². The van der Waals surface area contributed by atoms with Crippen molar-refractivity contribution in [2.45, 2.75) is 12.8 Å². The number of hydrogen-bond acceptors (Lipinski definition) is 3. The van der Waals surface area contributed by atoms with Gasteiger partial charge in [-0.05, 0) is 23.6 Å². The minimum atomic E-state index is -0.312. The van der Waals surface area contributed by atoms with Gasteiger partial charge in [-0.1, -0.05) is 12.1 Å². The van der Waals surface area contributed by atoms with Crippen molar-refractivity contribution in [2.24, 2.45) is 5.84 Å². The van der Waals surface area contributed by atoms with Crippen LogP contribution in [-0.4, -0.2) is 30.4 Å². The van der Waals surface area contributed by atoms with Crippen molar-refractivity contribution >= 4 is 17.6 Å². The van der Waals surface area contributed by atoms with Gasteiger partial charge in [0, 0.05) is 19.3 Å². The van der Waals surface area contributed by atoms with Crippen molar-refractivity contribution < 1.29 is 9.59 Å². The normalized spacial score (nSPS) is 12.9. The Morgan fingerprint density at radius 3 is 3.06 bits per heavy atom. The summed E-state index contributed by atoms with van der Waals surface area (Å²) < 4.78 is 0. The maximum Gasteiger partial charge on any atom is 0.331 e. The van der Waals surface area contributed by atoms with Crippen LogP contribution >= 0.6 is 0 Å². The lowest BCUT2D eigenvalue weighted by Crippen LogP contribution is -2.41. The number of carbonyl (C=O) groups is 2. The molecule has 96 valence electrons. The van der Waals surface area contributed by atoms with Gasteiger partial charge in [0.25, 0.3) is 0 Å². The van der Waals surface area contributed by atoms with E-state index in [-0.39, 0.29) is 11.9 Å². The molecule has 0 unspecified atom stereocenters. The van der Waals surface area contributed by atoms with Crippen LogP contribution in [-0.2, 0) is 17.6 Å². The number of urea groups is 1. The van der Waals surface area contributed by atoms with E-state index in [2.05, 4.69) is 10.7 Å². The molecule has 1 heterocycles. The molecule has 1 aromatic carbocycles. The summed E-state index contributed by atoms with van der Waals surface area (Å²) >= 11 is 0. The van der Waals surface area contributed by atoms with Gasteiger partial charge in [0.15, 0.2) is 0 Å². The van der Waals surface area contributed by atoms with Gasteiger partial charge in [-0.25, -0.2) is 10.6 Å². The summed E-state index contributed by atoms with van der Waals surface area (Å²) in [6.45, 7) is 0.573. The SMILES string of the molecule is CN(CCc1ccc2c(c1)CC(=O)N2)C(=O)NN. The Labute approximate surface area is 105 Å². The largest absolute Gasteiger partial charge is 0.331 e. The summed E-state index contributed by atoms with van der Waals surface area (Å²) in [5.41, 5.74) is 5.08. The fourth-order valence-corrected chi connectivity index (χ4v) is 1.95. The Bertz CT molecular complexity index is 487. The zero-order chi connectivity index (χ0) is 13.1. The molecule has 3 amide bonds. The van der Waals surface area contributed by atoms with Crippen LogP contribution in [0.3, 0.4) is 0 Å². The lowest BCUT2D eigenvalue weighted by molar-refractivity contribution is -0.115. The van der Waals surface area contributed by atoms with E-state index in [1.165, 1.54) is 4.90 Å². The average molecular weight is 248 g/mol. The first-order valence-corrected chi connectivity index (χ1v) is 5.73. The quantitative estimate of drug-likeness (QED) is 0.407. The van der Waals surface area contributed by atoms with Crippen LogP contribution in [0.1, 0.15) is 11.1 Å². The Hall–Kier alpha value is -2.08. The molecule has 0 aromatic heterocycles. The highest BCUT2D eigenvalue weighted by atomic mass is 16.2. The summed E-state index contributed by atoms with van der Waals surface area (Å²) in [6.07, 6.45) is 1.16. The number of amides is 3. The second kappa shape index (κ2) is 5.05. The van der Waals surface area contributed by atoms with Crippen LogP contribution < -0.4 is 16.6 Å². The van der Waals surface area contributed by atoms with Gasteiger partial charge in [-0.3, -0.25) is 10.2 Å². The first-order valence-electron chi connectivity index (χ1n) is 5.73. The lowest BCUT2D eigenvalue weighted by atomic mass is 10.1. The van der Waals surface area contributed by atoms with Crippen molar-refractivity contribution in [3.63, 3.8) is 0 Å². The molecule has 0 aliphatic carbocycles. The first kappa shape index (κ1) is 12.4. The van der Waals surface area contributed by atoms with Crippen LogP contribution in [0.4, 0.5) is 10.5 Å². The molecule has 4 N–H and O–H groups in total. The van der Waals surface area contributed by atoms with E-state index in [9.17, 15) is 9.59 Å². The second-order valence-electron chi connectivity index (χ2n) is 4.34. The van der Waals surface area contributed by atoms with E-state index < -0.39 is 0 Å². The maximum absolute atomic E-state index is 11.2. The minimum absolute atomic E-state index is 0.0294. The van der Waals surface area contributed by atoms with E-state index >= 15 is 0 Å². The Morgan fingerprint density at radius 2 is 2.33 bits per heavy atom. The Kier molecular flexibility index (Phi) is 3.47. The summed E-state index contributed by atoms with van der Waals surface area (Å²) in [5, 5.41) is 2.79. The standard InChI is InChI=1S/C12H16N4O2/c1-16(12(18)15-13)5-4-8-2-3-10-9(6-8)7-11(17)14-10/h2-3,6H,4-5,7,13H2,1H3,(H,14,17)(H,15,18). The smallest absolute Gasteiger partial charge is 0.326 e. The molecule has 0 bridgehead atoms. The highest BCUT2D eigenvalue weighted by molar-refractivity contribution is 5.99. The Balaban J connectivity index is 1.97. The molecule has 0 radical (unpaired) electrons. The van der Waals surface area contributed by atoms with Gasteiger partial charge in [0.1, 0.15) is 0 Å². The van der Waals surface area contributed by atoms with E-state index in [0.29, 0.717) is 13.0 Å². The average Bonchev–Trinajstić information content (AvgIpc) is 2.74. The molecule has 18 heavy (non-hydrogen) atoms. The molecule has 1 aliphatic rings. The molecule has 0 spiro atoms. The number of hydrogen-bond donors (Lipinski definition) is 3. The van der Waals surface area contributed by atoms with E-state index in [4.69, 9.17) is 5.84 Å². The number of hydrazine groups is 1. The molecule has 0 saturated heterocycles. The highest BCUT2D eigenvalue weighted by Gasteiger charge is 2.17. The number of likely N-dealkylation sites (N-methyl/N-ethyl adjacent to an activating group) is 1. The fraction of sp³-hybridized carbons (Fsp3) is 0.333. The predicted molar refractivity (Wildman–Crippen MR) is 67.8 cm³/mol. The molecule has 1 aromatic rings. The maximum atomic E-state index is 11.2. The molecule has 6 nitrogen and oxygen atoms in total. The third-order valence-corrected chi connectivity index (χ3v) is 3.00. The van der Waals surface area contributed by atoms with Gasteiger partial charge in [0.2, 0.25) is 5.91 Å². The number of nitrogens with one attached hydrogen (secondary N) is 2. The number of fused-ring (bicyclic) bond motifs is 1. The summed E-state index contributed by atoms with van der Waals surface area (Å²) in [6, 6.07) is 5.55. The summed E-state index contributed by atoms with van der Waals surface area (Å²) in [7, 11) is 1.68. The molecular weight excluding hydrogens is 232 g/mol. The van der Waals surface area contributed by atoms with Crippen LogP contribution in [0.2, 0.25) is 0 Å². The molecular formula is C12H16N4O2. The molecule has 0 fully saturated rings. The number of nitrogens with two attached hydrogens (primary N) is 1. The van der Waals surface area contributed by atoms with Crippen molar-refractivity contribution in [1.82, 2.24) is 10.3 Å². The fourth-order valence-electron chi connectivity index (χ4n) is 1.95. The minimum Gasteiger partial charge on any atom is -0.326 e. The molecule has 1 aliphatic heterocycles. The van der Waals surface area contributed by atoms with Crippen LogP contribution in [0.15, 0.2) is 18.2 Å². The number of carbonyl (C=O) groups excluding carboxylic acids is 2. The van der Waals surface area contributed by atoms with Gasteiger partial charge in [-0.2, -0.15) is 0 Å². The van der Waals surface area contributed by atoms with Gasteiger partial charge in [0.05, 0.1) is 6.42 Å². The third-order valence-electron chi connectivity index (χ3n) is 3.00. The zero-order valence-corrected chi connectivity index (χ0v) is 10.2. The van der Waals surface area contributed by atoms with Crippen LogP contribution in [0.25, 0.3) is 0 Å². The Morgan fingerprint density at radius 1 is 1.56 bits per heavy atom. The van der Waals surface area contributed by atoms with Crippen LogP contribution in [0, 0.1) is 0 Å². The highest BCUT2D eigenvalue weighted by Crippen LogP contribution is 2.23. The topological polar surface area (TPSA) is 87.5 Å². The van der Waals surface area contributed by atoms with E-state index in [1.807, 2.05) is 18.2 Å². The molecule has 6 heteroatoms. The zero-order valence-electron chi connectivity index (χ0n) is 10.2. The van der Waals surface area contributed by atoms with Crippen molar-refractivity contribution in [2.75, 3.05) is 18.9 Å². The number of rotatable bonds is 3. The number of anilines is 1. The van der Waals surface area contributed by atoms with Crippen LogP contribution in [0.5, 0.6) is 0 Å². The number of benzene rings is 1. The van der Waals surface area contributed by atoms with Gasteiger partial charge in [-0.15, -0.1) is 0 Å². The van der Waals surface area contributed by atoms with E-state index in [1.54, 1.807) is 7.05 Å². The molecule has 0 atom stereocenters. The van der Waals surface area contributed by atoms with Gasteiger partial charge >= 0.3 is 6.03 Å². The number of nitrogens with zero attached hydrogens (tertiary/aromatic N) is 1. The van der Waals surface area contributed by atoms with Crippen molar-refractivity contribution in [3.05, 3.63) is 29.3 Å².